The fourth-order valence-corrected chi connectivity index (χ4v) is 4.51. The zero-order valence-corrected chi connectivity index (χ0v) is 18.4. The minimum absolute atomic E-state index is 0.0438. The molecule has 1 atom stereocenters. The Kier molecular flexibility index (Phi) is 6.30. The summed E-state index contributed by atoms with van der Waals surface area (Å²) in [6, 6.07) is 5.90. The average molecular weight is 441 g/mol. The Morgan fingerprint density at radius 3 is 2.66 bits per heavy atom. The molecule has 4 rings (SSSR count). The average Bonchev–Trinajstić information content (AvgIpc) is 3.16. The first kappa shape index (κ1) is 22.0. The van der Waals surface area contributed by atoms with Gasteiger partial charge in [-0.3, -0.25) is 14.4 Å². The van der Waals surface area contributed by atoms with E-state index in [1.165, 1.54) is 12.1 Å². The number of fused-ring (bicyclic) bond motifs is 1. The lowest BCUT2D eigenvalue weighted by Crippen LogP contribution is -2.43. The van der Waals surface area contributed by atoms with Gasteiger partial charge in [-0.25, -0.2) is 4.39 Å². The zero-order valence-electron chi connectivity index (χ0n) is 18.4. The van der Waals surface area contributed by atoms with E-state index in [0.29, 0.717) is 23.8 Å². The number of nitrogens with zero attached hydrogens (tertiary/aromatic N) is 1. The van der Waals surface area contributed by atoms with E-state index < -0.39 is 11.7 Å². The third kappa shape index (κ3) is 4.84. The number of carbonyl (C=O) groups excluding carboxylic acids is 3. The summed E-state index contributed by atoms with van der Waals surface area (Å²) in [4.78, 5) is 37.5. The molecule has 3 amide bonds. The first-order valence-corrected chi connectivity index (χ1v) is 11.2. The summed E-state index contributed by atoms with van der Waals surface area (Å²) in [5.41, 5.74) is 1.40. The lowest BCUT2D eigenvalue weighted by atomic mass is 9.87. The molecule has 170 valence electrons. The van der Waals surface area contributed by atoms with Crippen LogP contribution in [-0.2, 0) is 4.79 Å². The molecule has 1 aromatic carbocycles. The number of aromatic nitrogens is 1. The van der Waals surface area contributed by atoms with Crippen LogP contribution in [-0.4, -0.2) is 34.9 Å². The molecule has 1 unspecified atom stereocenters. The Bertz CT molecular complexity index is 1040. The third-order valence-corrected chi connectivity index (χ3v) is 6.40. The fraction of sp³-hybridized carbons (Fsp3) is 0.458. The van der Waals surface area contributed by atoms with Crippen molar-refractivity contribution in [2.75, 3.05) is 11.9 Å². The number of nitrogens with one attached hydrogen (secondary N) is 3. The molecule has 0 spiro atoms. The van der Waals surface area contributed by atoms with Crippen LogP contribution in [0.1, 0.15) is 71.5 Å². The van der Waals surface area contributed by atoms with Crippen LogP contribution < -0.4 is 16.0 Å². The monoisotopic (exact) mass is 440 g/mol. The third-order valence-electron chi connectivity index (χ3n) is 6.40. The van der Waals surface area contributed by atoms with Crippen LogP contribution in [0, 0.1) is 18.7 Å². The number of hydrogen-bond donors (Lipinski definition) is 3. The van der Waals surface area contributed by atoms with Gasteiger partial charge in [0, 0.05) is 25.2 Å². The molecule has 0 bridgehead atoms. The van der Waals surface area contributed by atoms with Crippen molar-refractivity contribution in [1.29, 1.82) is 0 Å². The number of hydrogen-bond acceptors (Lipinski definition) is 3. The Labute approximate surface area is 186 Å². The van der Waals surface area contributed by atoms with E-state index in [0.717, 1.165) is 31.2 Å². The summed E-state index contributed by atoms with van der Waals surface area (Å²) in [6.45, 7) is 4.31. The summed E-state index contributed by atoms with van der Waals surface area (Å²) in [5, 5.41) is 8.59. The number of anilines is 1. The zero-order chi connectivity index (χ0) is 22.8. The Hall–Kier alpha value is -3.16. The molecular weight excluding hydrogens is 411 g/mol. The van der Waals surface area contributed by atoms with Crippen molar-refractivity contribution in [2.45, 2.75) is 58.0 Å². The Morgan fingerprint density at radius 2 is 1.94 bits per heavy atom. The number of aryl methyl sites for hydroxylation is 1. The highest BCUT2D eigenvalue weighted by molar-refractivity contribution is 6.05. The highest BCUT2D eigenvalue weighted by atomic mass is 19.1. The van der Waals surface area contributed by atoms with E-state index in [9.17, 15) is 18.8 Å². The van der Waals surface area contributed by atoms with E-state index in [1.54, 1.807) is 29.8 Å². The molecule has 2 aromatic rings. The molecule has 2 aliphatic rings. The maximum atomic E-state index is 14.1. The second-order valence-electron chi connectivity index (χ2n) is 9.05. The Balaban J connectivity index is 1.44. The fourth-order valence-electron chi connectivity index (χ4n) is 4.51. The summed E-state index contributed by atoms with van der Waals surface area (Å²) in [6.07, 6.45) is 6.10. The van der Waals surface area contributed by atoms with Gasteiger partial charge in [0.15, 0.2) is 0 Å². The highest BCUT2D eigenvalue weighted by Gasteiger charge is 2.29. The summed E-state index contributed by atoms with van der Waals surface area (Å²) in [7, 11) is 0. The number of halogens is 1. The van der Waals surface area contributed by atoms with Crippen molar-refractivity contribution in [3.63, 3.8) is 0 Å². The van der Waals surface area contributed by atoms with Gasteiger partial charge in [-0.1, -0.05) is 13.0 Å². The number of rotatable bonds is 5. The van der Waals surface area contributed by atoms with Crippen LogP contribution in [0.5, 0.6) is 0 Å². The number of carbonyl (C=O) groups is 3. The van der Waals surface area contributed by atoms with Crippen molar-refractivity contribution in [2.24, 2.45) is 5.92 Å². The van der Waals surface area contributed by atoms with Crippen LogP contribution in [0.4, 0.5) is 10.1 Å². The minimum atomic E-state index is -0.601. The second-order valence-corrected chi connectivity index (χ2v) is 9.05. The molecule has 1 aromatic heterocycles. The van der Waals surface area contributed by atoms with Crippen molar-refractivity contribution in [3.05, 3.63) is 53.1 Å². The van der Waals surface area contributed by atoms with Crippen LogP contribution in [0.15, 0.2) is 30.5 Å². The topological polar surface area (TPSA) is 92.2 Å². The van der Waals surface area contributed by atoms with Crippen molar-refractivity contribution in [3.8, 4) is 0 Å². The van der Waals surface area contributed by atoms with Gasteiger partial charge < -0.3 is 20.5 Å². The van der Waals surface area contributed by atoms with Gasteiger partial charge >= 0.3 is 0 Å². The van der Waals surface area contributed by atoms with E-state index >= 15 is 0 Å². The first-order chi connectivity index (χ1) is 15.3. The van der Waals surface area contributed by atoms with Gasteiger partial charge in [-0.15, -0.1) is 0 Å². The first-order valence-electron chi connectivity index (χ1n) is 11.2. The van der Waals surface area contributed by atoms with E-state index in [1.807, 2.05) is 0 Å². The molecule has 0 radical (unpaired) electrons. The normalized spacial score (nSPS) is 22.6. The lowest BCUT2D eigenvalue weighted by Gasteiger charge is -2.29. The molecule has 32 heavy (non-hydrogen) atoms. The molecule has 2 heterocycles. The minimum Gasteiger partial charge on any atom is -0.353 e. The van der Waals surface area contributed by atoms with Gasteiger partial charge in [0.2, 0.25) is 5.91 Å². The number of benzene rings is 1. The molecule has 1 fully saturated rings. The van der Waals surface area contributed by atoms with E-state index in [-0.39, 0.29) is 35.9 Å². The van der Waals surface area contributed by atoms with Crippen molar-refractivity contribution < 1.29 is 18.8 Å². The van der Waals surface area contributed by atoms with Gasteiger partial charge in [-0.05, 0) is 62.3 Å². The van der Waals surface area contributed by atoms with Gasteiger partial charge in [-0.2, -0.15) is 0 Å². The standard InChI is InChI=1S/C24H29FN4O3/c1-14-3-6-16(7-4-14)27-22(30)11-18-12-26-24(32)21-10-17(13-29(18)21)28-23(31)19-8-5-15(2)9-20(19)25/h5,8-10,13-14,16,18H,3-4,6-7,11-12H2,1-2H3,(H,26,32)(H,27,30)(H,28,31). The van der Waals surface area contributed by atoms with Crippen molar-refractivity contribution in [1.82, 2.24) is 15.2 Å². The van der Waals surface area contributed by atoms with Gasteiger partial charge in [0.1, 0.15) is 11.5 Å². The highest BCUT2D eigenvalue weighted by Crippen LogP contribution is 2.27. The molecule has 1 aliphatic heterocycles. The maximum Gasteiger partial charge on any atom is 0.268 e. The predicted octanol–water partition coefficient (Wildman–Crippen LogP) is 3.56. The van der Waals surface area contributed by atoms with E-state index in [2.05, 4.69) is 22.9 Å². The summed E-state index contributed by atoms with van der Waals surface area (Å²) >= 11 is 0. The van der Waals surface area contributed by atoms with Gasteiger partial charge in [0.05, 0.1) is 17.3 Å². The second kappa shape index (κ2) is 9.14. The predicted molar refractivity (Wildman–Crippen MR) is 119 cm³/mol. The molecule has 0 saturated heterocycles. The molecule has 3 N–H and O–H groups in total. The van der Waals surface area contributed by atoms with Crippen molar-refractivity contribution >= 4 is 23.4 Å². The number of amides is 3. The molecule has 1 saturated carbocycles. The lowest BCUT2D eigenvalue weighted by molar-refractivity contribution is -0.122. The molecular formula is C24H29FN4O3. The van der Waals surface area contributed by atoms with Crippen LogP contribution in [0.25, 0.3) is 0 Å². The maximum absolute atomic E-state index is 14.1. The largest absolute Gasteiger partial charge is 0.353 e. The molecule has 1 aliphatic carbocycles. The summed E-state index contributed by atoms with van der Waals surface area (Å²) < 4.78 is 15.9. The van der Waals surface area contributed by atoms with Crippen LogP contribution in [0.3, 0.4) is 0 Å². The quantitative estimate of drug-likeness (QED) is 0.664. The van der Waals surface area contributed by atoms with Crippen LogP contribution in [0.2, 0.25) is 0 Å². The Morgan fingerprint density at radius 1 is 1.19 bits per heavy atom. The van der Waals surface area contributed by atoms with E-state index in [4.69, 9.17) is 0 Å². The molecule has 8 heteroatoms. The molecule has 7 nitrogen and oxygen atoms in total. The smallest absolute Gasteiger partial charge is 0.268 e. The van der Waals surface area contributed by atoms with Crippen LogP contribution >= 0.6 is 0 Å². The summed E-state index contributed by atoms with van der Waals surface area (Å²) in [5.74, 6) is -0.800. The van der Waals surface area contributed by atoms with Gasteiger partial charge in [0.25, 0.3) is 11.8 Å². The SMILES string of the molecule is Cc1ccc(C(=O)Nc2cc3n(c2)C(CC(=O)NC2CCC(C)CC2)CNC3=O)c(F)c1.